The lowest BCUT2D eigenvalue weighted by Gasteiger charge is -2.03. The minimum atomic E-state index is -0.349. The van der Waals surface area contributed by atoms with Crippen molar-refractivity contribution in [3.63, 3.8) is 0 Å². The van der Waals surface area contributed by atoms with E-state index >= 15 is 0 Å². The van der Waals surface area contributed by atoms with Crippen LogP contribution in [-0.2, 0) is 0 Å². The van der Waals surface area contributed by atoms with Crippen molar-refractivity contribution in [3.05, 3.63) is 46.2 Å². The number of hydrogen-bond acceptors (Lipinski definition) is 1. The van der Waals surface area contributed by atoms with E-state index in [-0.39, 0.29) is 11.6 Å². The molecule has 0 saturated heterocycles. The molecule has 0 atom stereocenters. The van der Waals surface area contributed by atoms with Gasteiger partial charge in [-0.2, -0.15) is 0 Å². The maximum absolute atomic E-state index is 12.8. The van der Waals surface area contributed by atoms with E-state index in [1.807, 2.05) is 6.92 Å². The first-order chi connectivity index (χ1) is 7.00. The van der Waals surface area contributed by atoms with Gasteiger partial charge in [0.25, 0.3) is 0 Å². The van der Waals surface area contributed by atoms with Gasteiger partial charge in [-0.05, 0) is 47.5 Å². The van der Waals surface area contributed by atoms with Gasteiger partial charge in [0.05, 0.1) is 0 Å². The molecule has 1 nitrogen and oxygen atoms in total. The fraction of sp³-hybridized carbons (Fsp3) is 0.250. The van der Waals surface area contributed by atoms with E-state index in [0.29, 0.717) is 22.9 Å². The summed E-state index contributed by atoms with van der Waals surface area (Å²) in [5.74, 6) is -0.344. The minimum Gasteiger partial charge on any atom is -0.294 e. The Balaban J connectivity index is 2.78. The Kier molecular flexibility index (Phi) is 4.21. The van der Waals surface area contributed by atoms with Gasteiger partial charge in [-0.15, -0.1) is 6.58 Å². The highest BCUT2D eigenvalue weighted by Crippen LogP contribution is 2.20. The van der Waals surface area contributed by atoms with E-state index in [0.717, 1.165) is 5.57 Å². The molecule has 0 radical (unpaired) electrons. The lowest BCUT2D eigenvalue weighted by atomic mass is 10.0. The van der Waals surface area contributed by atoms with Crippen LogP contribution < -0.4 is 0 Å². The molecular formula is C12H12BrFO. The number of benzene rings is 1. The van der Waals surface area contributed by atoms with Crippen LogP contribution in [0.25, 0.3) is 0 Å². The molecule has 1 aromatic rings. The molecular weight excluding hydrogens is 259 g/mol. The second-order valence-electron chi connectivity index (χ2n) is 3.50. The van der Waals surface area contributed by atoms with Gasteiger partial charge in [-0.1, -0.05) is 5.57 Å². The summed E-state index contributed by atoms with van der Waals surface area (Å²) in [6, 6.07) is 4.09. The van der Waals surface area contributed by atoms with Crippen LogP contribution in [0.2, 0.25) is 0 Å². The molecule has 0 aliphatic rings. The SMILES string of the molecule is C=C(C)CCC(=O)c1ccc(F)cc1Br. The Hall–Kier alpha value is -0.960. The average molecular weight is 271 g/mol. The number of carbonyl (C=O) groups excluding carboxylic acids is 1. The van der Waals surface area contributed by atoms with Gasteiger partial charge in [0.2, 0.25) is 0 Å². The monoisotopic (exact) mass is 270 g/mol. The summed E-state index contributed by atoms with van der Waals surface area (Å²) in [4.78, 5) is 11.7. The quantitative estimate of drug-likeness (QED) is 0.594. The highest BCUT2D eigenvalue weighted by Gasteiger charge is 2.10. The minimum absolute atomic E-state index is 0.00451. The van der Waals surface area contributed by atoms with E-state index in [4.69, 9.17) is 0 Å². The fourth-order valence-electron chi connectivity index (χ4n) is 1.18. The molecule has 0 unspecified atom stereocenters. The zero-order valence-corrected chi connectivity index (χ0v) is 10.1. The Morgan fingerprint density at radius 1 is 1.47 bits per heavy atom. The van der Waals surface area contributed by atoms with E-state index < -0.39 is 0 Å². The summed E-state index contributed by atoms with van der Waals surface area (Å²) in [7, 11) is 0. The van der Waals surface area contributed by atoms with E-state index in [2.05, 4.69) is 22.5 Å². The lowest BCUT2D eigenvalue weighted by Crippen LogP contribution is -2.00. The second kappa shape index (κ2) is 5.21. The third kappa shape index (κ3) is 3.59. The first-order valence-corrected chi connectivity index (χ1v) is 5.42. The highest BCUT2D eigenvalue weighted by molar-refractivity contribution is 9.10. The molecule has 0 amide bonds. The molecule has 0 saturated carbocycles. The highest BCUT2D eigenvalue weighted by atomic mass is 79.9. The van der Waals surface area contributed by atoms with Gasteiger partial charge in [0.15, 0.2) is 5.78 Å². The molecule has 0 aromatic heterocycles. The predicted octanol–water partition coefficient (Wildman–Crippen LogP) is 4.13. The molecule has 0 fully saturated rings. The molecule has 0 heterocycles. The number of halogens is 2. The van der Waals surface area contributed by atoms with E-state index in [9.17, 15) is 9.18 Å². The third-order valence-electron chi connectivity index (χ3n) is 2.01. The van der Waals surface area contributed by atoms with Crippen molar-refractivity contribution in [3.8, 4) is 0 Å². The first-order valence-electron chi connectivity index (χ1n) is 4.63. The summed E-state index contributed by atoms with van der Waals surface area (Å²) in [5.41, 5.74) is 1.50. The van der Waals surface area contributed by atoms with Crippen molar-refractivity contribution in [1.29, 1.82) is 0 Å². The zero-order valence-electron chi connectivity index (χ0n) is 8.52. The number of allylic oxidation sites excluding steroid dienone is 1. The second-order valence-corrected chi connectivity index (χ2v) is 4.36. The third-order valence-corrected chi connectivity index (χ3v) is 2.67. The number of hydrogen-bond donors (Lipinski definition) is 0. The normalized spacial score (nSPS) is 10.1. The molecule has 0 spiro atoms. The Labute approximate surface area is 97.1 Å². The maximum Gasteiger partial charge on any atom is 0.164 e. The summed E-state index contributed by atoms with van der Waals surface area (Å²) >= 11 is 3.17. The molecule has 0 N–H and O–H groups in total. The van der Waals surface area contributed by atoms with Crippen molar-refractivity contribution in [1.82, 2.24) is 0 Å². The van der Waals surface area contributed by atoms with Crippen LogP contribution in [-0.4, -0.2) is 5.78 Å². The zero-order chi connectivity index (χ0) is 11.4. The van der Waals surface area contributed by atoms with Crippen LogP contribution in [0.3, 0.4) is 0 Å². The van der Waals surface area contributed by atoms with Crippen molar-refractivity contribution in [2.45, 2.75) is 19.8 Å². The fourth-order valence-corrected chi connectivity index (χ4v) is 1.75. The summed E-state index contributed by atoms with van der Waals surface area (Å²) < 4.78 is 13.3. The predicted molar refractivity (Wildman–Crippen MR) is 62.5 cm³/mol. The van der Waals surface area contributed by atoms with Gasteiger partial charge in [0, 0.05) is 16.5 Å². The van der Waals surface area contributed by atoms with E-state index in [1.54, 1.807) is 0 Å². The Morgan fingerprint density at radius 2 is 2.13 bits per heavy atom. The van der Waals surface area contributed by atoms with Crippen LogP contribution in [0.4, 0.5) is 4.39 Å². The number of carbonyl (C=O) groups is 1. The van der Waals surface area contributed by atoms with Crippen LogP contribution in [0.1, 0.15) is 30.1 Å². The molecule has 1 rings (SSSR count). The molecule has 80 valence electrons. The smallest absolute Gasteiger partial charge is 0.164 e. The van der Waals surface area contributed by atoms with Crippen LogP contribution in [0.15, 0.2) is 34.8 Å². The van der Waals surface area contributed by atoms with Crippen LogP contribution in [0.5, 0.6) is 0 Å². The molecule has 1 aromatic carbocycles. The summed E-state index contributed by atoms with van der Waals surface area (Å²) in [6.45, 7) is 5.62. The van der Waals surface area contributed by atoms with Crippen molar-refractivity contribution in [2.24, 2.45) is 0 Å². The van der Waals surface area contributed by atoms with Gasteiger partial charge >= 0.3 is 0 Å². The Bertz CT molecular complexity index is 399. The lowest BCUT2D eigenvalue weighted by molar-refractivity contribution is 0.0982. The first kappa shape index (κ1) is 12.1. The number of ketones is 1. The Morgan fingerprint density at radius 3 is 2.67 bits per heavy atom. The topological polar surface area (TPSA) is 17.1 Å². The molecule has 3 heteroatoms. The molecule has 0 bridgehead atoms. The van der Waals surface area contributed by atoms with Crippen molar-refractivity contribution >= 4 is 21.7 Å². The van der Waals surface area contributed by atoms with Gasteiger partial charge in [-0.25, -0.2) is 4.39 Å². The molecule has 15 heavy (non-hydrogen) atoms. The van der Waals surface area contributed by atoms with Gasteiger partial charge in [0.1, 0.15) is 5.82 Å². The van der Waals surface area contributed by atoms with Crippen molar-refractivity contribution in [2.75, 3.05) is 0 Å². The van der Waals surface area contributed by atoms with Crippen molar-refractivity contribution < 1.29 is 9.18 Å². The largest absolute Gasteiger partial charge is 0.294 e. The molecule has 0 aliphatic carbocycles. The van der Waals surface area contributed by atoms with Gasteiger partial charge < -0.3 is 0 Å². The average Bonchev–Trinajstić information content (AvgIpc) is 2.14. The van der Waals surface area contributed by atoms with E-state index in [1.165, 1.54) is 18.2 Å². The number of Topliss-reactive ketones (excluding diaryl/α,β-unsaturated/α-hetero) is 1. The maximum atomic E-state index is 12.8. The summed E-state index contributed by atoms with van der Waals surface area (Å²) in [6.07, 6.45) is 1.09. The van der Waals surface area contributed by atoms with Crippen LogP contribution >= 0.6 is 15.9 Å². The van der Waals surface area contributed by atoms with Gasteiger partial charge in [-0.3, -0.25) is 4.79 Å². The van der Waals surface area contributed by atoms with Crippen LogP contribution in [0, 0.1) is 5.82 Å². The molecule has 0 aliphatic heterocycles. The number of rotatable bonds is 4. The summed E-state index contributed by atoms with van der Waals surface area (Å²) in [5, 5.41) is 0. The standard InChI is InChI=1S/C12H12BrFO/c1-8(2)3-6-12(15)10-5-4-9(14)7-11(10)13/h4-5,7H,1,3,6H2,2H3.